The van der Waals surface area contributed by atoms with Gasteiger partial charge in [0.15, 0.2) is 0 Å². The van der Waals surface area contributed by atoms with Crippen LogP contribution in [0.2, 0.25) is 5.02 Å². The summed E-state index contributed by atoms with van der Waals surface area (Å²) in [5.74, 6) is 1.29. The third-order valence-electron chi connectivity index (χ3n) is 4.29. The summed E-state index contributed by atoms with van der Waals surface area (Å²) < 4.78 is 0. The Hall–Kier alpha value is -2.31. The van der Waals surface area contributed by atoms with E-state index in [1.165, 1.54) is 16.7 Å². The van der Waals surface area contributed by atoms with E-state index in [0.717, 1.165) is 29.0 Å². The lowest BCUT2D eigenvalue weighted by Gasteiger charge is -2.14. The number of hydrogen-bond donors (Lipinski definition) is 1. The van der Waals surface area contributed by atoms with Gasteiger partial charge in [-0.3, -0.25) is 9.59 Å². The number of thioether (sulfide) groups is 1. The van der Waals surface area contributed by atoms with E-state index in [4.69, 9.17) is 11.6 Å². The van der Waals surface area contributed by atoms with Crippen molar-refractivity contribution in [2.45, 2.75) is 18.1 Å². The number of halogens is 1. The molecule has 1 aromatic heterocycles. The molecule has 1 aliphatic heterocycles. The Morgan fingerprint density at radius 3 is 2.69 bits per heavy atom. The van der Waals surface area contributed by atoms with Crippen molar-refractivity contribution >= 4 is 51.9 Å². The zero-order valence-electron chi connectivity index (χ0n) is 13.8. The number of anilines is 1. The van der Waals surface area contributed by atoms with Crippen molar-refractivity contribution in [1.82, 2.24) is 9.97 Å². The Bertz CT molecular complexity index is 937. The summed E-state index contributed by atoms with van der Waals surface area (Å²) in [5, 5.41) is 0.229. The van der Waals surface area contributed by atoms with Crippen molar-refractivity contribution in [2.24, 2.45) is 0 Å². The topological polar surface area (TPSA) is 66.1 Å². The molecule has 0 unspecified atom stereocenters. The Morgan fingerprint density at radius 1 is 1.15 bits per heavy atom. The van der Waals surface area contributed by atoms with Crippen molar-refractivity contribution in [3.8, 4) is 0 Å². The minimum absolute atomic E-state index is 0.160. The molecule has 5 nitrogen and oxygen atoms in total. The molecule has 0 bridgehead atoms. The highest BCUT2D eigenvalue weighted by Gasteiger charge is 2.39. The number of benzene rings is 2. The second kappa shape index (κ2) is 7.13. The third-order valence-corrected chi connectivity index (χ3v) is 5.75. The molecular weight excluding hydrogens is 370 g/mol. The van der Waals surface area contributed by atoms with Gasteiger partial charge in [0.25, 0.3) is 0 Å². The van der Waals surface area contributed by atoms with Gasteiger partial charge in [0.1, 0.15) is 5.82 Å². The van der Waals surface area contributed by atoms with Gasteiger partial charge >= 0.3 is 0 Å². The first kappa shape index (κ1) is 17.1. The van der Waals surface area contributed by atoms with Crippen LogP contribution in [0.1, 0.15) is 12.2 Å². The van der Waals surface area contributed by atoms with Gasteiger partial charge in [0.05, 0.1) is 22.0 Å². The highest BCUT2D eigenvalue weighted by atomic mass is 35.5. The van der Waals surface area contributed by atoms with Crippen molar-refractivity contribution < 1.29 is 9.59 Å². The first-order valence-corrected chi connectivity index (χ1v) is 9.72. The summed E-state index contributed by atoms with van der Waals surface area (Å²) in [4.78, 5) is 34.0. The van der Waals surface area contributed by atoms with Gasteiger partial charge in [-0.2, -0.15) is 0 Å². The lowest BCUT2D eigenvalue weighted by atomic mass is 10.3. The van der Waals surface area contributed by atoms with Gasteiger partial charge in [-0.05, 0) is 36.4 Å². The fraction of sp³-hybridized carbons (Fsp3) is 0.211. The number of rotatable bonds is 5. The van der Waals surface area contributed by atoms with Gasteiger partial charge in [-0.1, -0.05) is 23.7 Å². The molecule has 1 N–H and O–H groups in total. The van der Waals surface area contributed by atoms with E-state index in [9.17, 15) is 9.59 Å². The second-order valence-corrected chi connectivity index (χ2v) is 7.81. The molecule has 1 atom stereocenters. The van der Waals surface area contributed by atoms with E-state index < -0.39 is 0 Å². The lowest BCUT2D eigenvalue weighted by Crippen LogP contribution is -2.31. The quantitative estimate of drug-likeness (QED) is 0.678. The summed E-state index contributed by atoms with van der Waals surface area (Å²) in [7, 11) is 0. The van der Waals surface area contributed by atoms with Crippen LogP contribution in [0.25, 0.3) is 11.0 Å². The molecule has 1 fully saturated rings. The maximum Gasteiger partial charge on any atom is 0.247 e. The summed E-state index contributed by atoms with van der Waals surface area (Å²) in [6, 6.07) is 14.6. The number of hydrogen-bond acceptors (Lipinski definition) is 4. The van der Waals surface area contributed by atoms with Gasteiger partial charge in [0.2, 0.25) is 11.8 Å². The molecule has 1 saturated heterocycles. The summed E-state index contributed by atoms with van der Waals surface area (Å²) >= 11 is 7.38. The number of nitrogens with one attached hydrogen (secondary N) is 1. The number of para-hydroxylation sites is 2. The summed E-state index contributed by atoms with van der Waals surface area (Å²) in [5.41, 5.74) is 2.52. The minimum Gasteiger partial charge on any atom is -0.342 e. The van der Waals surface area contributed by atoms with Crippen LogP contribution in [0.4, 0.5) is 5.69 Å². The number of aromatic nitrogens is 2. The number of carbonyl (C=O) groups excluding carboxylic acids is 2. The molecule has 0 saturated carbocycles. The van der Waals surface area contributed by atoms with Crippen LogP contribution >= 0.6 is 23.4 Å². The fourth-order valence-electron chi connectivity index (χ4n) is 3.02. The predicted octanol–water partition coefficient (Wildman–Crippen LogP) is 3.82. The average Bonchev–Trinajstić information content (AvgIpc) is 3.17. The number of aromatic amines is 1. The third kappa shape index (κ3) is 3.34. The van der Waals surface area contributed by atoms with Crippen LogP contribution < -0.4 is 4.90 Å². The molecular formula is C19H16ClN3O2S. The smallest absolute Gasteiger partial charge is 0.247 e. The Balaban J connectivity index is 1.38. The zero-order chi connectivity index (χ0) is 18.1. The number of imidazole rings is 1. The summed E-state index contributed by atoms with van der Waals surface area (Å²) in [6.07, 6.45) is 0.949. The van der Waals surface area contributed by atoms with E-state index in [2.05, 4.69) is 9.97 Å². The van der Waals surface area contributed by atoms with Crippen LogP contribution in [0.15, 0.2) is 48.5 Å². The van der Waals surface area contributed by atoms with E-state index in [0.29, 0.717) is 10.7 Å². The SMILES string of the molecule is O=C1C[C@H](SCCc2nc3ccccc3[nH]2)C(=O)N1c1ccc(Cl)cc1. The Kier molecular flexibility index (Phi) is 4.70. The van der Waals surface area contributed by atoms with Crippen LogP contribution in [-0.2, 0) is 16.0 Å². The number of imide groups is 1. The van der Waals surface area contributed by atoms with Crippen LogP contribution in [0.5, 0.6) is 0 Å². The van der Waals surface area contributed by atoms with Crippen molar-refractivity contribution in [3.05, 3.63) is 59.4 Å². The predicted molar refractivity (Wildman–Crippen MR) is 105 cm³/mol. The van der Waals surface area contributed by atoms with E-state index >= 15 is 0 Å². The fourth-order valence-corrected chi connectivity index (χ4v) is 4.25. The van der Waals surface area contributed by atoms with Crippen molar-refractivity contribution in [1.29, 1.82) is 0 Å². The van der Waals surface area contributed by atoms with Crippen LogP contribution in [-0.4, -0.2) is 32.8 Å². The highest BCUT2D eigenvalue weighted by Crippen LogP contribution is 2.30. The zero-order valence-corrected chi connectivity index (χ0v) is 15.4. The molecule has 0 radical (unpaired) electrons. The van der Waals surface area contributed by atoms with E-state index in [1.807, 2.05) is 24.3 Å². The van der Waals surface area contributed by atoms with Gasteiger partial charge in [0, 0.05) is 23.6 Å². The van der Waals surface area contributed by atoms with Crippen molar-refractivity contribution in [2.75, 3.05) is 10.7 Å². The first-order valence-electron chi connectivity index (χ1n) is 8.29. The standard InChI is InChI=1S/C19H16ClN3O2S/c20-12-5-7-13(8-6-12)23-18(24)11-16(19(23)25)26-10-9-17-21-14-3-1-2-4-15(14)22-17/h1-8,16H,9-11H2,(H,21,22)/t16-/m0/s1. The number of aryl methyl sites for hydroxylation is 1. The van der Waals surface area contributed by atoms with Gasteiger partial charge < -0.3 is 4.98 Å². The van der Waals surface area contributed by atoms with Gasteiger partial charge in [-0.15, -0.1) is 11.8 Å². The molecule has 26 heavy (non-hydrogen) atoms. The van der Waals surface area contributed by atoms with Gasteiger partial charge in [-0.25, -0.2) is 9.88 Å². The largest absolute Gasteiger partial charge is 0.342 e. The molecule has 2 aromatic carbocycles. The number of nitrogens with zero attached hydrogens (tertiary/aromatic N) is 2. The van der Waals surface area contributed by atoms with Crippen LogP contribution in [0.3, 0.4) is 0 Å². The first-order chi connectivity index (χ1) is 12.6. The molecule has 0 spiro atoms. The molecule has 7 heteroatoms. The Morgan fingerprint density at radius 2 is 1.92 bits per heavy atom. The Labute approximate surface area is 159 Å². The molecule has 1 aliphatic rings. The molecule has 132 valence electrons. The molecule has 2 amide bonds. The van der Waals surface area contributed by atoms with Crippen LogP contribution in [0, 0.1) is 0 Å². The highest BCUT2D eigenvalue weighted by molar-refractivity contribution is 8.00. The number of amides is 2. The van der Waals surface area contributed by atoms with Crippen molar-refractivity contribution in [3.63, 3.8) is 0 Å². The maximum absolute atomic E-state index is 12.6. The number of H-pyrrole nitrogens is 1. The number of fused-ring (bicyclic) bond motifs is 1. The molecule has 3 aromatic rings. The maximum atomic E-state index is 12.6. The van der Waals surface area contributed by atoms with E-state index in [-0.39, 0.29) is 23.5 Å². The minimum atomic E-state index is -0.345. The molecule has 0 aliphatic carbocycles. The summed E-state index contributed by atoms with van der Waals surface area (Å²) in [6.45, 7) is 0. The number of carbonyl (C=O) groups is 2. The molecule has 4 rings (SSSR count). The van der Waals surface area contributed by atoms with E-state index in [1.54, 1.807) is 24.3 Å². The average molecular weight is 386 g/mol. The second-order valence-electron chi connectivity index (χ2n) is 6.06. The normalized spacial score (nSPS) is 17.4. The monoisotopic (exact) mass is 385 g/mol. The molecule has 2 heterocycles. The lowest BCUT2D eigenvalue weighted by molar-refractivity contribution is -0.121.